The summed E-state index contributed by atoms with van der Waals surface area (Å²) in [6, 6.07) is 12.4. The average Bonchev–Trinajstić information content (AvgIpc) is 3.22. The van der Waals surface area contributed by atoms with Crippen LogP contribution in [0.3, 0.4) is 0 Å². The minimum atomic E-state index is -3.79. The van der Waals surface area contributed by atoms with Crippen LogP contribution in [-0.2, 0) is 21.4 Å². The third-order valence-corrected chi connectivity index (χ3v) is 8.06. The van der Waals surface area contributed by atoms with Crippen molar-refractivity contribution in [2.75, 3.05) is 0 Å². The van der Waals surface area contributed by atoms with E-state index in [4.69, 9.17) is 0 Å². The van der Waals surface area contributed by atoms with Crippen molar-refractivity contribution in [2.45, 2.75) is 30.8 Å². The number of hydrogen-bond acceptors (Lipinski definition) is 5. The third-order valence-electron chi connectivity index (χ3n) is 4.84. The van der Waals surface area contributed by atoms with Crippen molar-refractivity contribution in [3.8, 4) is 21.6 Å². The van der Waals surface area contributed by atoms with Gasteiger partial charge in [-0.25, -0.2) is 8.42 Å². The Labute approximate surface area is 167 Å². The monoisotopic (exact) mass is 414 g/mol. The molecule has 3 heterocycles. The fraction of sp³-hybridized carbons (Fsp3) is 0.200. The maximum atomic E-state index is 12.8. The maximum absolute atomic E-state index is 12.8. The smallest absolute Gasteiger partial charge is 0.322 e. The number of thiophene rings is 1. The first-order valence-electron chi connectivity index (χ1n) is 8.80. The van der Waals surface area contributed by atoms with E-state index in [0.717, 1.165) is 25.9 Å². The predicted molar refractivity (Wildman–Crippen MR) is 107 cm³/mol. The zero-order valence-corrected chi connectivity index (χ0v) is 16.7. The minimum absolute atomic E-state index is 0.112. The van der Waals surface area contributed by atoms with Gasteiger partial charge in [-0.3, -0.25) is 9.78 Å². The van der Waals surface area contributed by atoms with E-state index in [2.05, 4.69) is 4.98 Å². The summed E-state index contributed by atoms with van der Waals surface area (Å²) >= 11 is 1.40. The standard InChI is InChI=1S/C20H18N2O4S2/c1-2-16(20(23)24)22-12-18-19(28(22,25)26)10-17(27-18)14-7-5-13(6-8-14)15-4-3-9-21-11-15/h3-11,16H,2,12H2,1H3,(H,23,24). The molecule has 1 unspecified atom stereocenters. The molecule has 144 valence electrons. The second kappa shape index (κ2) is 7.12. The highest BCUT2D eigenvalue weighted by Crippen LogP contribution is 2.42. The molecule has 1 aliphatic heterocycles. The first kappa shape index (κ1) is 18.8. The molecule has 8 heteroatoms. The Morgan fingerprint density at radius 2 is 1.93 bits per heavy atom. The summed E-state index contributed by atoms with van der Waals surface area (Å²) in [5.74, 6) is -1.12. The number of fused-ring (bicyclic) bond motifs is 1. The second-order valence-electron chi connectivity index (χ2n) is 6.53. The van der Waals surface area contributed by atoms with Gasteiger partial charge in [0.05, 0.1) is 11.4 Å². The van der Waals surface area contributed by atoms with Crippen molar-refractivity contribution < 1.29 is 18.3 Å². The normalized spacial score (nSPS) is 16.6. The van der Waals surface area contributed by atoms with Gasteiger partial charge < -0.3 is 5.11 Å². The molecule has 6 nitrogen and oxygen atoms in total. The summed E-state index contributed by atoms with van der Waals surface area (Å²) in [4.78, 5) is 17.3. The lowest BCUT2D eigenvalue weighted by Crippen LogP contribution is -2.40. The Morgan fingerprint density at radius 3 is 2.50 bits per heavy atom. The van der Waals surface area contributed by atoms with Crippen LogP contribution in [0.15, 0.2) is 59.8 Å². The maximum Gasteiger partial charge on any atom is 0.322 e. The van der Waals surface area contributed by atoms with E-state index in [-0.39, 0.29) is 17.9 Å². The number of carboxylic acids is 1. The molecule has 3 aromatic rings. The minimum Gasteiger partial charge on any atom is -0.480 e. The van der Waals surface area contributed by atoms with Crippen LogP contribution in [0.2, 0.25) is 0 Å². The van der Waals surface area contributed by atoms with E-state index in [1.165, 1.54) is 11.3 Å². The lowest BCUT2D eigenvalue weighted by Gasteiger charge is -2.21. The van der Waals surface area contributed by atoms with Crippen LogP contribution in [0, 0.1) is 0 Å². The van der Waals surface area contributed by atoms with Crippen LogP contribution < -0.4 is 0 Å². The highest BCUT2D eigenvalue weighted by atomic mass is 32.2. The lowest BCUT2D eigenvalue weighted by atomic mass is 10.1. The van der Waals surface area contributed by atoms with Gasteiger partial charge in [0, 0.05) is 22.1 Å². The molecule has 0 aliphatic carbocycles. The van der Waals surface area contributed by atoms with Crippen molar-refractivity contribution in [1.29, 1.82) is 0 Å². The summed E-state index contributed by atoms with van der Waals surface area (Å²) in [5.41, 5.74) is 2.98. The molecule has 0 saturated heterocycles. The highest BCUT2D eigenvalue weighted by molar-refractivity contribution is 7.89. The summed E-state index contributed by atoms with van der Waals surface area (Å²) in [6.45, 7) is 1.79. The van der Waals surface area contributed by atoms with Gasteiger partial charge in [0.2, 0.25) is 10.0 Å². The van der Waals surface area contributed by atoms with Crippen molar-refractivity contribution in [2.24, 2.45) is 0 Å². The van der Waals surface area contributed by atoms with Gasteiger partial charge in [-0.1, -0.05) is 37.3 Å². The Bertz CT molecular complexity index is 1120. The number of nitrogens with zero attached hydrogens (tertiary/aromatic N) is 2. The number of sulfonamides is 1. The van der Waals surface area contributed by atoms with Gasteiger partial charge in [-0.15, -0.1) is 11.3 Å². The number of carboxylic acid groups (broad SMARTS) is 1. The quantitative estimate of drug-likeness (QED) is 0.685. The van der Waals surface area contributed by atoms with E-state index >= 15 is 0 Å². The zero-order chi connectivity index (χ0) is 19.9. The van der Waals surface area contributed by atoms with Crippen LogP contribution in [-0.4, -0.2) is 34.8 Å². The summed E-state index contributed by atoms with van der Waals surface area (Å²) in [5, 5.41) is 9.33. The third kappa shape index (κ3) is 3.13. The molecule has 0 spiro atoms. The van der Waals surface area contributed by atoms with E-state index in [9.17, 15) is 18.3 Å². The number of aliphatic carboxylic acids is 1. The van der Waals surface area contributed by atoms with Crippen molar-refractivity contribution in [1.82, 2.24) is 9.29 Å². The van der Waals surface area contributed by atoms with Crippen LogP contribution in [0.25, 0.3) is 21.6 Å². The van der Waals surface area contributed by atoms with Crippen LogP contribution in [0.1, 0.15) is 18.2 Å². The van der Waals surface area contributed by atoms with E-state index in [0.29, 0.717) is 4.88 Å². The number of benzene rings is 1. The van der Waals surface area contributed by atoms with E-state index in [1.807, 2.05) is 36.4 Å². The summed E-state index contributed by atoms with van der Waals surface area (Å²) in [6.07, 6.45) is 3.75. The van der Waals surface area contributed by atoms with Crippen molar-refractivity contribution in [3.63, 3.8) is 0 Å². The predicted octanol–water partition coefficient (Wildman–Crippen LogP) is 3.84. The number of rotatable bonds is 5. The van der Waals surface area contributed by atoms with Gasteiger partial charge in [-0.05, 0) is 35.2 Å². The topological polar surface area (TPSA) is 87.6 Å². The van der Waals surface area contributed by atoms with Gasteiger partial charge in [-0.2, -0.15) is 4.31 Å². The molecule has 1 N–H and O–H groups in total. The Kier molecular flexibility index (Phi) is 4.78. The van der Waals surface area contributed by atoms with Crippen molar-refractivity contribution >= 4 is 27.3 Å². The molecule has 0 fully saturated rings. The van der Waals surface area contributed by atoms with Gasteiger partial charge in [0.25, 0.3) is 0 Å². The molecular formula is C20H18N2O4S2. The molecule has 0 amide bonds. The molecule has 0 bridgehead atoms. The van der Waals surface area contributed by atoms with Crippen LogP contribution in [0.4, 0.5) is 0 Å². The molecule has 1 atom stereocenters. The second-order valence-corrected chi connectivity index (χ2v) is 9.53. The first-order valence-corrected chi connectivity index (χ1v) is 11.1. The Balaban J connectivity index is 1.64. The molecular weight excluding hydrogens is 396 g/mol. The fourth-order valence-corrected chi connectivity index (χ4v) is 6.78. The number of carbonyl (C=O) groups is 1. The average molecular weight is 415 g/mol. The highest BCUT2D eigenvalue weighted by Gasteiger charge is 2.42. The fourth-order valence-electron chi connectivity index (χ4n) is 3.38. The largest absolute Gasteiger partial charge is 0.480 e. The number of hydrogen-bond donors (Lipinski definition) is 1. The van der Waals surface area contributed by atoms with Gasteiger partial charge in [0.1, 0.15) is 6.04 Å². The van der Waals surface area contributed by atoms with E-state index in [1.54, 1.807) is 25.4 Å². The molecule has 28 heavy (non-hydrogen) atoms. The lowest BCUT2D eigenvalue weighted by molar-refractivity contribution is -0.141. The summed E-state index contributed by atoms with van der Waals surface area (Å²) < 4.78 is 26.8. The Hall–Kier alpha value is -2.55. The Morgan fingerprint density at radius 1 is 1.21 bits per heavy atom. The molecule has 4 rings (SSSR count). The molecule has 2 aromatic heterocycles. The molecule has 0 radical (unpaired) electrons. The summed E-state index contributed by atoms with van der Waals surface area (Å²) in [7, 11) is -3.79. The van der Waals surface area contributed by atoms with Gasteiger partial charge >= 0.3 is 5.97 Å². The SMILES string of the molecule is CCC(C(=O)O)N1Cc2sc(-c3ccc(-c4cccnc4)cc3)cc2S1(=O)=O. The molecule has 1 aromatic carbocycles. The van der Waals surface area contributed by atoms with Gasteiger partial charge in [0.15, 0.2) is 0 Å². The van der Waals surface area contributed by atoms with Crippen LogP contribution in [0.5, 0.6) is 0 Å². The zero-order valence-electron chi connectivity index (χ0n) is 15.1. The first-order chi connectivity index (χ1) is 13.4. The number of aromatic nitrogens is 1. The van der Waals surface area contributed by atoms with E-state index < -0.39 is 22.0 Å². The van der Waals surface area contributed by atoms with Crippen molar-refractivity contribution in [3.05, 3.63) is 59.7 Å². The molecule has 0 saturated carbocycles. The van der Waals surface area contributed by atoms with Crippen LogP contribution >= 0.6 is 11.3 Å². The number of pyridine rings is 1. The molecule has 1 aliphatic rings.